The fourth-order valence-corrected chi connectivity index (χ4v) is 2.21. The minimum absolute atomic E-state index is 0.148. The number of para-hydroxylation sites is 2. The van der Waals surface area contributed by atoms with Gasteiger partial charge in [-0.2, -0.15) is 0 Å². The van der Waals surface area contributed by atoms with Gasteiger partial charge in [-0.05, 0) is 24.5 Å². The zero-order valence-electron chi connectivity index (χ0n) is 12.7. The molecule has 1 atom stereocenters. The van der Waals surface area contributed by atoms with E-state index >= 15 is 0 Å². The summed E-state index contributed by atoms with van der Waals surface area (Å²) in [4.78, 5) is 27.3. The van der Waals surface area contributed by atoms with E-state index in [-0.39, 0.29) is 18.2 Å². The molecule has 0 saturated carbocycles. The number of oxazole rings is 1. The Bertz CT molecular complexity index is 630. The number of benzene rings is 1. The van der Waals surface area contributed by atoms with Crippen LogP contribution in [0.1, 0.15) is 32.6 Å². The second-order valence-corrected chi connectivity index (χ2v) is 5.66. The highest BCUT2D eigenvalue weighted by Crippen LogP contribution is 2.15. The van der Waals surface area contributed by atoms with Crippen LogP contribution >= 0.6 is 0 Å². The molecule has 0 fully saturated rings. The molecule has 2 aromatic rings. The molecule has 0 bridgehead atoms. The number of fused-ring (bicyclic) bond motifs is 1. The van der Waals surface area contributed by atoms with Crippen molar-refractivity contribution in [2.45, 2.75) is 39.2 Å². The summed E-state index contributed by atoms with van der Waals surface area (Å²) < 4.78 is 5.53. The number of carboxylic acids is 1. The second kappa shape index (κ2) is 7.06. The molecule has 118 valence electrons. The SMILES string of the molecule is CC(C)C[C@H](NC(=O)CCc1nc2ccccc2o1)C(=O)O. The van der Waals surface area contributed by atoms with E-state index in [1.807, 2.05) is 38.1 Å². The first-order valence-electron chi connectivity index (χ1n) is 7.32. The zero-order valence-corrected chi connectivity index (χ0v) is 12.7. The smallest absolute Gasteiger partial charge is 0.326 e. The molecule has 1 aromatic carbocycles. The van der Waals surface area contributed by atoms with Crippen LogP contribution in [-0.2, 0) is 16.0 Å². The van der Waals surface area contributed by atoms with Crippen molar-refractivity contribution in [1.29, 1.82) is 0 Å². The van der Waals surface area contributed by atoms with Crippen molar-refractivity contribution in [3.63, 3.8) is 0 Å². The first kappa shape index (κ1) is 16.0. The first-order valence-corrected chi connectivity index (χ1v) is 7.32. The number of hydrogen-bond acceptors (Lipinski definition) is 4. The third-order valence-electron chi connectivity index (χ3n) is 3.24. The summed E-state index contributed by atoms with van der Waals surface area (Å²) in [6.07, 6.45) is 0.896. The number of nitrogens with zero attached hydrogens (tertiary/aromatic N) is 1. The van der Waals surface area contributed by atoms with Crippen LogP contribution in [0.4, 0.5) is 0 Å². The van der Waals surface area contributed by atoms with E-state index in [1.54, 1.807) is 0 Å². The molecule has 1 aromatic heterocycles. The number of amides is 1. The summed E-state index contributed by atoms with van der Waals surface area (Å²) in [7, 11) is 0. The topological polar surface area (TPSA) is 92.4 Å². The van der Waals surface area contributed by atoms with Crippen LogP contribution in [0.25, 0.3) is 11.1 Å². The number of nitrogens with one attached hydrogen (secondary N) is 1. The molecule has 2 N–H and O–H groups in total. The number of aromatic nitrogens is 1. The molecular weight excluding hydrogens is 284 g/mol. The van der Waals surface area contributed by atoms with E-state index in [0.717, 1.165) is 5.52 Å². The van der Waals surface area contributed by atoms with Crippen LogP contribution < -0.4 is 5.32 Å². The van der Waals surface area contributed by atoms with Crippen molar-refractivity contribution in [3.8, 4) is 0 Å². The molecule has 1 amide bonds. The van der Waals surface area contributed by atoms with Gasteiger partial charge in [-0.3, -0.25) is 4.79 Å². The van der Waals surface area contributed by atoms with E-state index in [2.05, 4.69) is 10.3 Å². The van der Waals surface area contributed by atoms with Crippen LogP contribution in [-0.4, -0.2) is 28.0 Å². The van der Waals surface area contributed by atoms with Gasteiger partial charge < -0.3 is 14.8 Å². The lowest BCUT2D eigenvalue weighted by Gasteiger charge is -2.16. The number of hydrogen-bond donors (Lipinski definition) is 2. The molecule has 6 heteroatoms. The fourth-order valence-electron chi connectivity index (χ4n) is 2.21. The molecule has 0 saturated heterocycles. The van der Waals surface area contributed by atoms with Crippen LogP contribution in [0.2, 0.25) is 0 Å². The number of aliphatic carboxylic acids is 1. The summed E-state index contributed by atoms with van der Waals surface area (Å²) >= 11 is 0. The Morgan fingerprint density at radius 3 is 2.68 bits per heavy atom. The maximum absolute atomic E-state index is 11.9. The molecule has 0 aliphatic rings. The van der Waals surface area contributed by atoms with Gasteiger partial charge in [-0.1, -0.05) is 26.0 Å². The standard InChI is InChI=1S/C16H20N2O4/c1-10(2)9-12(16(20)21)17-14(19)7-8-15-18-11-5-3-4-6-13(11)22-15/h3-6,10,12H,7-9H2,1-2H3,(H,17,19)(H,20,21)/t12-/m0/s1. The normalized spacial score (nSPS) is 12.5. The maximum Gasteiger partial charge on any atom is 0.326 e. The summed E-state index contributed by atoms with van der Waals surface area (Å²) in [5, 5.41) is 11.6. The molecule has 0 radical (unpaired) electrons. The number of aryl methyl sites for hydroxylation is 1. The number of rotatable bonds is 7. The Hall–Kier alpha value is -2.37. The first-order chi connectivity index (χ1) is 10.5. The Morgan fingerprint density at radius 2 is 2.05 bits per heavy atom. The van der Waals surface area contributed by atoms with Gasteiger partial charge in [-0.25, -0.2) is 9.78 Å². The van der Waals surface area contributed by atoms with E-state index in [4.69, 9.17) is 9.52 Å². The molecule has 1 heterocycles. The number of carbonyl (C=O) groups is 2. The van der Waals surface area contributed by atoms with Crippen molar-refractivity contribution >= 4 is 23.0 Å². The lowest BCUT2D eigenvalue weighted by Crippen LogP contribution is -2.41. The second-order valence-electron chi connectivity index (χ2n) is 5.66. The monoisotopic (exact) mass is 304 g/mol. The van der Waals surface area contributed by atoms with Crippen molar-refractivity contribution in [2.24, 2.45) is 5.92 Å². The maximum atomic E-state index is 11.9. The van der Waals surface area contributed by atoms with Crippen molar-refractivity contribution in [2.75, 3.05) is 0 Å². The van der Waals surface area contributed by atoms with E-state index in [9.17, 15) is 9.59 Å². The zero-order chi connectivity index (χ0) is 16.1. The summed E-state index contributed by atoms with van der Waals surface area (Å²) in [5.41, 5.74) is 1.43. The molecule has 22 heavy (non-hydrogen) atoms. The predicted octanol–water partition coefficient (Wildman–Crippen LogP) is 2.38. The van der Waals surface area contributed by atoms with Gasteiger partial charge >= 0.3 is 5.97 Å². The third-order valence-corrected chi connectivity index (χ3v) is 3.24. The van der Waals surface area contributed by atoms with Gasteiger partial charge in [-0.15, -0.1) is 0 Å². The molecule has 0 spiro atoms. The lowest BCUT2D eigenvalue weighted by atomic mass is 10.0. The highest BCUT2D eigenvalue weighted by molar-refractivity contribution is 5.83. The van der Waals surface area contributed by atoms with Crippen LogP contribution in [0.3, 0.4) is 0 Å². The van der Waals surface area contributed by atoms with E-state index in [0.29, 0.717) is 24.3 Å². The van der Waals surface area contributed by atoms with Gasteiger partial charge in [0.15, 0.2) is 11.5 Å². The molecule has 2 rings (SSSR count). The Morgan fingerprint density at radius 1 is 1.32 bits per heavy atom. The predicted molar refractivity (Wildman–Crippen MR) is 81.4 cm³/mol. The van der Waals surface area contributed by atoms with Gasteiger partial charge in [0.25, 0.3) is 0 Å². The Labute approximate surface area is 128 Å². The highest BCUT2D eigenvalue weighted by Gasteiger charge is 2.21. The molecule has 0 unspecified atom stereocenters. The fraction of sp³-hybridized carbons (Fsp3) is 0.438. The van der Waals surface area contributed by atoms with Gasteiger partial charge in [0.1, 0.15) is 11.6 Å². The lowest BCUT2D eigenvalue weighted by molar-refractivity contribution is -0.142. The average Bonchev–Trinajstić information content (AvgIpc) is 2.86. The Balaban J connectivity index is 1.90. The van der Waals surface area contributed by atoms with E-state index in [1.165, 1.54) is 0 Å². The number of carboxylic acid groups (broad SMARTS) is 1. The minimum Gasteiger partial charge on any atom is -0.480 e. The van der Waals surface area contributed by atoms with Crippen molar-refractivity contribution < 1.29 is 19.1 Å². The third kappa shape index (κ3) is 4.31. The molecule has 6 nitrogen and oxygen atoms in total. The highest BCUT2D eigenvalue weighted by atomic mass is 16.4. The molecule has 0 aliphatic heterocycles. The molecular formula is C16H20N2O4. The van der Waals surface area contributed by atoms with Crippen LogP contribution in [0, 0.1) is 5.92 Å². The summed E-state index contributed by atoms with van der Waals surface area (Å²) in [5.74, 6) is -0.648. The van der Waals surface area contributed by atoms with Crippen LogP contribution in [0.5, 0.6) is 0 Å². The summed E-state index contributed by atoms with van der Waals surface area (Å²) in [6, 6.07) is 6.52. The molecule has 0 aliphatic carbocycles. The quantitative estimate of drug-likeness (QED) is 0.819. The number of carbonyl (C=O) groups excluding carboxylic acids is 1. The largest absolute Gasteiger partial charge is 0.480 e. The van der Waals surface area contributed by atoms with Gasteiger partial charge in [0.2, 0.25) is 5.91 Å². The van der Waals surface area contributed by atoms with E-state index < -0.39 is 12.0 Å². The van der Waals surface area contributed by atoms with Crippen molar-refractivity contribution in [3.05, 3.63) is 30.2 Å². The van der Waals surface area contributed by atoms with Crippen LogP contribution in [0.15, 0.2) is 28.7 Å². The van der Waals surface area contributed by atoms with Crippen molar-refractivity contribution in [1.82, 2.24) is 10.3 Å². The van der Waals surface area contributed by atoms with Gasteiger partial charge in [0.05, 0.1) is 0 Å². The average molecular weight is 304 g/mol. The Kier molecular flexibility index (Phi) is 5.14. The van der Waals surface area contributed by atoms with Gasteiger partial charge in [0, 0.05) is 12.8 Å². The summed E-state index contributed by atoms with van der Waals surface area (Å²) in [6.45, 7) is 3.83. The minimum atomic E-state index is -1.01.